The van der Waals surface area contributed by atoms with Crippen LogP contribution in [0, 0.1) is 0 Å². The number of allylic oxidation sites excluding steroid dienone is 2. The van der Waals surface area contributed by atoms with Crippen LogP contribution in [0.5, 0.6) is 0 Å². The maximum absolute atomic E-state index is 2.69. The van der Waals surface area contributed by atoms with Crippen LogP contribution in [0.25, 0.3) is 56.0 Å². The number of hydrogen-bond donors (Lipinski definition) is 0. The number of unbranched alkanes of at least 4 members (excludes halogenated alkanes) is 2. The topological polar surface area (TPSA) is 0 Å². The predicted octanol–water partition coefficient (Wildman–Crippen LogP) is 14.2. The van der Waals surface area contributed by atoms with Crippen molar-refractivity contribution in [1.29, 1.82) is 0 Å². The fourth-order valence-electron chi connectivity index (χ4n) is 8.99. The van der Waals surface area contributed by atoms with Gasteiger partial charge in [0.05, 0.1) is 0 Å². The molecule has 2 aliphatic carbocycles. The molecular formula is C48H48SiZr. The first kappa shape index (κ1) is 33.6. The number of benzene rings is 6. The van der Waals surface area contributed by atoms with Crippen molar-refractivity contribution in [3.8, 4) is 22.3 Å². The number of rotatable bonds is 10. The molecule has 0 N–H and O–H groups in total. The van der Waals surface area contributed by atoms with Gasteiger partial charge in [-0.25, -0.2) is 0 Å². The van der Waals surface area contributed by atoms with Crippen molar-refractivity contribution in [2.24, 2.45) is 0 Å². The molecule has 6 aromatic rings. The zero-order valence-electron chi connectivity index (χ0n) is 30.1. The van der Waals surface area contributed by atoms with Crippen molar-refractivity contribution in [1.82, 2.24) is 0 Å². The molecule has 2 unspecified atom stereocenters. The van der Waals surface area contributed by atoms with Gasteiger partial charge in [0.1, 0.15) is 0 Å². The Kier molecular flexibility index (Phi) is 9.78. The molecule has 0 bridgehead atoms. The molecule has 0 spiro atoms. The summed E-state index contributed by atoms with van der Waals surface area (Å²) in [5.41, 5.74) is 14.9. The number of fused-ring (bicyclic) bond motifs is 4. The minimum absolute atomic E-state index is 0.543. The fourth-order valence-corrected chi connectivity index (χ4v) is 29.5. The summed E-state index contributed by atoms with van der Waals surface area (Å²) < 4.78 is 1.28. The first-order valence-electron chi connectivity index (χ1n) is 18.9. The summed E-state index contributed by atoms with van der Waals surface area (Å²) in [7, 11) is 0. The van der Waals surface area contributed by atoms with E-state index in [1.807, 2.05) is 0 Å². The van der Waals surface area contributed by atoms with Crippen molar-refractivity contribution in [2.75, 3.05) is 0 Å². The second-order valence-electron chi connectivity index (χ2n) is 14.6. The second kappa shape index (κ2) is 14.6. The third-order valence-electron chi connectivity index (χ3n) is 11.3. The van der Waals surface area contributed by atoms with E-state index >= 15 is 0 Å². The standard InChI is InChI=1S/2C23H21.C2H6Si.Zr/c2*1-2-3-8-17-15-19-11-7-14-22(23(19)16-17)21-13-6-10-18-9-4-5-12-20(18)21;1-3-2;/h2*4-7,9-16H,2-3,8H2,1H3;1-2H3;. The van der Waals surface area contributed by atoms with Crippen LogP contribution in [0.3, 0.4) is 0 Å². The molecule has 0 nitrogen and oxygen atoms in total. The van der Waals surface area contributed by atoms with Crippen LogP contribution in [0.1, 0.15) is 81.9 Å². The molecule has 0 heterocycles. The second-order valence-corrected chi connectivity index (χ2v) is 32.5. The molecule has 0 amide bonds. The van der Waals surface area contributed by atoms with E-state index in [1.54, 1.807) is 22.3 Å². The summed E-state index contributed by atoms with van der Waals surface area (Å²) in [6.07, 6.45) is 12.9. The monoisotopic (exact) mass is 742 g/mol. The van der Waals surface area contributed by atoms with Gasteiger partial charge in [0.25, 0.3) is 0 Å². The first-order valence-corrected chi connectivity index (χ1v) is 27.9. The summed E-state index contributed by atoms with van der Waals surface area (Å²) in [5.74, 6) is 0. The summed E-state index contributed by atoms with van der Waals surface area (Å²) in [4.78, 5) is 0. The van der Waals surface area contributed by atoms with E-state index in [9.17, 15) is 0 Å². The van der Waals surface area contributed by atoms with Gasteiger partial charge in [-0.05, 0) is 0 Å². The molecule has 0 saturated heterocycles. The van der Waals surface area contributed by atoms with Crippen molar-refractivity contribution in [3.63, 3.8) is 0 Å². The molecule has 50 heavy (non-hydrogen) atoms. The van der Waals surface area contributed by atoms with Crippen molar-refractivity contribution < 1.29 is 20.4 Å². The Hall–Kier alpha value is -3.58. The van der Waals surface area contributed by atoms with Gasteiger partial charge in [0.2, 0.25) is 0 Å². The molecule has 0 saturated carbocycles. The van der Waals surface area contributed by atoms with Crippen LogP contribution in [0.4, 0.5) is 0 Å². The Labute approximate surface area is 307 Å². The molecule has 6 aromatic carbocycles. The minimum atomic E-state index is -2.29. The van der Waals surface area contributed by atoms with Gasteiger partial charge < -0.3 is 0 Å². The molecule has 2 heteroatoms. The molecule has 248 valence electrons. The first-order chi connectivity index (χ1) is 24.6. The zero-order chi connectivity index (χ0) is 34.2. The molecule has 0 fully saturated rings. The van der Waals surface area contributed by atoms with Gasteiger partial charge in [0, 0.05) is 0 Å². The molecule has 0 aromatic heterocycles. The van der Waals surface area contributed by atoms with Crippen molar-refractivity contribution in [3.05, 3.63) is 155 Å². The fraction of sp³-hybridized carbons (Fsp3) is 0.250. The molecule has 0 aliphatic heterocycles. The Balaban J connectivity index is 1.31. The average Bonchev–Trinajstić information content (AvgIpc) is 3.71. The van der Waals surface area contributed by atoms with E-state index in [4.69, 9.17) is 0 Å². The summed E-state index contributed by atoms with van der Waals surface area (Å²) in [6, 6.07) is 46.2. The van der Waals surface area contributed by atoms with Crippen LogP contribution < -0.4 is 0 Å². The van der Waals surface area contributed by atoms with Gasteiger partial charge in [-0.2, -0.15) is 0 Å². The van der Waals surface area contributed by atoms with E-state index < -0.39 is 25.8 Å². The van der Waals surface area contributed by atoms with Crippen LogP contribution in [0.15, 0.2) is 132 Å². The molecule has 2 aliphatic rings. The van der Waals surface area contributed by atoms with Gasteiger partial charge in [-0.15, -0.1) is 0 Å². The third-order valence-corrected chi connectivity index (χ3v) is 30.8. The number of hydrogen-bond acceptors (Lipinski definition) is 0. The van der Waals surface area contributed by atoms with Gasteiger partial charge >= 0.3 is 309 Å². The Bertz CT molecular complexity index is 2160. The summed E-state index contributed by atoms with van der Waals surface area (Å²) in [5, 5.41) is 5.37. The quantitative estimate of drug-likeness (QED) is 0.123. The Morgan fingerprint density at radius 3 is 1.32 bits per heavy atom. The van der Waals surface area contributed by atoms with Gasteiger partial charge in [-0.1, -0.05) is 0 Å². The normalized spacial score (nSPS) is 16.3. The van der Waals surface area contributed by atoms with Crippen molar-refractivity contribution in [2.45, 2.75) is 72.7 Å². The third kappa shape index (κ3) is 5.97. The predicted molar refractivity (Wildman–Crippen MR) is 217 cm³/mol. The van der Waals surface area contributed by atoms with Gasteiger partial charge in [-0.3, -0.25) is 0 Å². The average molecular weight is 744 g/mol. The van der Waals surface area contributed by atoms with Crippen LogP contribution in [0.2, 0.25) is 13.1 Å². The Morgan fingerprint density at radius 2 is 0.880 bits per heavy atom. The molecular weight excluding hydrogens is 696 g/mol. The molecule has 2 atom stereocenters. The molecule has 8 rings (SSSR count). The van der Waals surface area contributed by atoms with Crippen LogP contribution in [-0.4, -0.2) is 5.43 Å². The summed E-state index contributed by atoms with van der Waals surface area (Å²) in [6.45, 7) is 10.1. The van der Waals surface area contributed by atoms with E-state index in [2.05, 4.69) is 160 Å². The van der Waals surface area contributed by atoms with E-state index in [0.717, 1.165) is 0 Å². The van der Waals surface area contributed by atoms with E-state index in [0.29, 0.717) is 7.25 Å². The van der Waals surface area contributed by atoms with E-state index in [1.165, 1.54) is 93.5 Å². The maximum atomic E-state index is 2.69. The zero-order valence-corrected chi connectivity index (χ0v) is 33.6. The van der Waals surface area contributed by atoms with Gasteiger partial charge in [0.15, 0.2) is 0 Å². The van der Waals surface area contributed by atoms with Crippen molar-refractivity contribution >= 4 is 39.1 Å². The SMILES string of the molecule is CCCCC1=Cc2c(-c3cccc4ccccc34)cccc2[CH]1[Zr]([CH]1C(CCCC)=Cc2c(-c3cccc4ccccc34)cccc21)=[Si](C)C. The van der Waals surface area contributed by atoms with E-state index in [-0.39, 0.29) is 0 Å². The van der Waals surface area contributed by atoms with Crippen LogP contribution >= 0.6 is 0 Å². The van der Waals surface area contributed by atoms with Crippen LogP contribution in [-0.2, 0) is 20.4 Å². The summed E-state index contributed by atoms with van der Waals surface area (Å²) >= 11 is -2.29. The Morgan fingerprint density at radius 1 is 0.480 bits per heavy atom. The molecule has 0 radical (unpaired) electrons.